The van der Waals surface area contributed by atoms with Gasteiger partial charge in [-0.15, -0.1) is 0 Å². The van der Waals surface area contributed by atoms with Crippen LogP contribution < -0.4 is 0 Å². The molecule has 0 aliphatic rings. The maximum absolute atomic E-state index is 13.1. The second-order valence-electron chi connectivity index (χ2n) is 27.6. The molecule has 0 amide bonds. The highest BCUT2D eigenvalue weighted by molar-refractivity contribution is 7.47. The molecule has 0 bridgehead atoms. The van der Waals surface area contributed by atoms with Gasteiger partial charge in [-0.2, -0.15) is 0 Å². The highest BCUT2D eigenvalue weighted by Crippen LogP contribution is 2.45. The summed E-state index contributed by atoms with van der Waals surface area (Å²) in [4.78, 5) is 72.7. The number of esters is 4. The number of aliphatic hydroxyl groups excluding tert-OH is 1. The van der Waals surface area contributed by atoms with Crippen LogP contribution in [0.5, 0.6) is 0 Å². The number of carbonyl (C=O) groups is 4. The van der Waals surface area contributed by atoms with E-state index in [0.29, 0.717) is 25.7 Å². The van der Waals surface area contributed by atoms with Crippen molar-refractivity contribution in [3.63, 3.8) is 0 Å². The molecular weight excluding hydrogens is 1220 g/mol. The Labute approximate surface area is 568 Å². The summed E-state index contributed by atoms with van der Waals surface area (Å²) in [5, 5.41) is 10.6. The molecule has 0 aliphatic carbocycles. The number of carbonyl (C=O) groups excluding carboxylic acids is 4. The zero-order chi connectivity index (χ0) is 68.7. The standard InChI is InChI=1S/C74H144O17P2/c1-8-11-12-13-14-15-21-25-34-41-48-55-71(76)84-61-70(91-74(79)58-51-44-37-30-28-33-40-47-54-67(7)10-3)64-89-93(82,83)87-60-68(75)59-86-92(80,81)88-63-69(62-85-72(77)56-49-42-35-29-27-32-39-46-53-66(6)9-2)90-73(78)57-50-43-36-26-23-20-18-16-17-19-22-24-31-38-45-52-65(4)5/h65-70,75H,8-64H2,1-7H3,(H,80,81)(H,82,83)/t66?,67?,68-,69-,70-/m1/s1. The molecule has 0 aliphatic heterocycles. The number of hydrogen-bond acceptors (Lipinski definition) is 15. The van der Waals surface area contributed by atoms with Crippen molar-refractivity contribution in [3.8, 4) is 0 Å². The lowest BCUT2D eigenvalue weighted by molar-refractivity contribution is -0.161. The van der Waals surface area contributed by atoms with E-state index in [9.17, 15) is 43.2 Å². The van der Waals surface area contributed by atoms with Gasteiger partial charge in [-0.05, 0) is 43.4 Å². The molecule has 0 rings (SSSR count). The van der Waals surface area contributed by atoms with Crippen molar-refractivity contribution >= 4 is 39.5 Å². The fourth-order valence-corrected chi connectivity index (χ4v) is 12.8. The molecule has 0 saturated heterocycles. The third kappa shape index (κ3) is 65.8. The Morgan fingerprint density at radius 2 is 0.548 bits per heavy atom. The van der Waals surface area contributed by atoms with E-state index in [0.717, 1.165) is 108 Å². The van der Waals surface area contributed by atoms with Gasteiger partial charge in [0.2, 0.25) is 0 Å². The maximum Gasteiger partial charge on any atom is 0.472 e. The molecule has 0 spiro atoms. The summed E-state index contributed by atoms with van der Waals surface area (Å²) in [6.45, 7) is 11.9. The molecule has 0 aromatic heterocycles. The lowest BCUT2D eigenvalue weighted by atomic mass is 9.99. The van der Waals surface area contributed by atoms with Crippen molar-refractivity contribution in [3.05, 3.63) is 0 Å². The Bertz CT molecular complexity index is 1820. The number of aliphatic hydroxyl groups is 1. The first-order chi connectivity index (χ1) is 44.8. The minimum atomic E-state index is -4.96. The summed E-state index contributed by atoms with van der Waals surface area (Å²) in [5.74, 6) is 0.228. The van der Waals surface area contributed by atoms with Crippen molar-refractivity contribution < 1.29 is 80.2 Å². The topological polar surface area (TPSA) is 237 Å². The van der Waals surface area contributed by atoms with Crippen LogP contribution >= 0.6 is 15.6 Å². The quantitative estimate of drug-likeness (QED) is 0.0222. The molecule has 0 heterocycles. The van der Waals surface area contributed by atoms with Gasteiger partial charge >= 0.3 is 39.5 Å². The molecule has 93 heavy (non-hydrogen) atoms. The first-order valence-corrected chi connectivity index (χ1v) is 41.4. The van der Waals surface area contributed by atoms with Gasteiger partial charge in [0, 0.05) is 25.7 Å². The number of ether oxygens (including phenoxy) is 4. The van der Waals surface area contributed by atoms with Crippen molar-refractivity contribution in [1.29, 1.82) is 0 Å². The van der Waals surface area contributed by atoms with Gasteiger partial charge < -0.3 is 33.8 Å². The smallest absolute Gasteiger partial charge is 0.462 e. The summed E-state index contributed by atoms with van der Waals surface area (Å²) in [5.41, 5.74) is 0. The van der Waals surface area contributed by atoms with E-state index in [4.69, 9.17) is 37.0 Å². The number of phosphoric ester groups is 2. The van der Waals surface area contributed by atoms with E-state index in [1.807, 2.05) is 0 Å². The van der Waals surface area contributed by atoms with Crippen LogP contribution in [0.25, 0.3) is 0 Å². The third-order valence-corrected chi connectivity index (χ3v) is 19.8. The predicted octanol–water partition coefficient (Wildman–Crippen LogP) is 21.4. The molecule has 7 atom stereocenters. The molecule has 0 radical (unpaired) electrons. The van der Waals surface area contributed by atoms with Gasteiger partial charge in [0.25, 0.3) is 0 Å². The Kier molecular flexibility index (Phi) is 63.4. The summed E-state index contributed by atoms with van der Waals surface area (Å²) in [7, 11) is -9.91. The van der Waals surface area contributed by atoms with Gasteiger partial charge in [0.1, 0.15) is 19.3 Å². The molecule has 552 valence electrons. The van der Waals surface area contributed by atoms with Crippen LogP contribution in [0.4, 0.5) is 0 Å². The fraction of sp³-hybridized carbons (Fsp3) is 0.946. The monoisotopic (exact) mass is 1370 g/mol. The predicted molar refractivity (Wildman–Crippen MR) is 377 cm³/mol. The fourth-order valence-electron chi connectivity index (χ4n) is 11.2. The molecule has 3 N–H and O–H groups in total. The van der Waals surface area contributed by atoms with Crippen LogP contribution in [0, 0.1) is 17.8 Å². The molecular formula is C74H144O17P2. The van der Waals surface area contributed by atoms with Gasteiger partial charge in [0.15, 0.2) is 12.2 Å². The van der Waals surface area contributed by atoms with Crippen LogP contribution in [0.15, 0.2) is 0 Å². The SMILES string of the molecule is CCCCCCCCCCCCCC(=O)OC[C@H](COP(=O)(O)OC[C@H](O)COP(=O)(O)OC[C@@H](COC(=O)CCCCCCCCCCC(C)CC)OC(=O)CCCCCCCCCCCCCCCCCC(C)C)OC(=O)CCCCCCCCCCC(C)CC. The lowest BCUT2D eigenvalue weighted by Crippen LogP contribution is -2.30. The molecule has 17 nitrogen and oxygen atoms in total. The van der Waals surface area contributed by atoms with Crippen LogP contribution in [-0.4, -0.2) is 96.7 Å². The van der Waals surface area contributed by atoms with E-state index in [-0.39, 0.29) is 25.7 Å². The van der Waals surface area contributed by atoms with Crippen LogP contribution in [0.3, 0.4) is 0 Å². The normalized spacial score (nSPS) is 14.7. The second kappa shape index (κ2) is 64.7. The Morgan fingerprint density at radius 3 is 0.817 bits per heavy atom. The van der Waals surface area contributed by atoms with Crippen molar-refractivity contribution in [2.24, 2.45) is 17.8 Å². The largest absolute Gasteiger partial charge is 0.472 e. The first kappa shape index (κ1) is 91.1. The van der Waals surface area contributed by atoms with Crippen molar-refractivity contribution in [2.75, 3.05) is 39.6 Å². The van der Waals surface area contributed by atoms with E-state index in [1.54, 1.807) is 0 Å². The van der Waals surface area contributed by atoms with Gasteiger partial charge in [-0.1, -0.05) is 325 Å². The first-order valence-electron chi connectivity index (χ1n) is 38.4. The maximum atomic E-state index is 13.1. The van der Waals surface area contributed by atoms with Crippen LogP contribution in [0.1, 0.15) is 376 Å². The molecule has 4 unspecified atom stereocenters. The second-order valence-corrected chi connectivity index (χ2v) is 30.6. The van der Waals surface area contributed by atoms with Crippen LogP contribution in [0.2, 0.25) is 0 Å². The molecule has 0 fully saturated rings. The zero-order valence-electron chi connectivity index (χ0n) is 60.7. The minimum absolute atomic E-state index is 0.105. The van der Waals surface area contributed by atoms with E-state index in [2.05, 4.69) is 48.5 Å². The third-order valence-electron chi connectivity index (χ3n) is 17.9. The zero-order valence-corrected chi connectivity index (χ0v) is 62.5. The summed E-state index contributed by atoms with van der Waals surface area (Å²) in [6, 6.07) is 0. The Hall–Kier alpha value is -1.94. The number of rotatable bonds is 72. The van der Waals surface area contributed by atoms with Crippen LogP contribution in [-0.2, 0) is 65.4 Å². The highest BCUT2D eigenvalue weighted by Gasteiger charge is 2.30. The molecule has 19 heteroatoms. The number of unbranched alkanes of at least 4 members (excludes halogenated alkanes) is 38. The number of hydrogen-bond donors (Lipinski definition) is 3. The lowest BCUT2D eigenvalue weighted by Gasteiger charge is -2.21. The van der Waals surface area contributed by atoms with E-state index < -0.39 is 97.5 Å². The average molecular weight is 1370 g/mol. The average Bonchev–Trinajstić information content (AvgIpc) is 2.87. The Balaban J connectivity index is 5.25. The van der Waals surface area contributed by atoms with Gasteiger partial charge in [-0.3, -0.25) is 37.3 Å². The Morgan fingerprint density at radius 1 is 0.312 bits per heavy atom. The highest BCUT2D eigenvalue weighted by atomic mass is 31.2. The molecule has 0 saturated carbocycles. The minimum Gasteiger partial charge on any atom is -0.462 e. The summed E-state index contributed by atoms with van der Waals surface area (Å²) >= 11 is 0. The van der Waals surface area contributed by atoms with Crippen molar-refractivity contribution in [2.45, 2.75) is 394 Å². The summed E-state index contributed by atoms with van der Waals surface area (Å²) < 4.78 is 68.4. The number of phosphoric acid groups is 2. The molecule has 0 aromatic rings. The molecule has 0 aromatic carbocycles. The van der Waals surface area contributed by atoms with E-state index >= 15 is 0 Å². The van der Waals surface area contributed by atoms with Gasteiger partial charge in [-0.25, -0.2) is 9.13 Å². The van der Waals surface area contributed by atoms with Crippen molar-refractivity contribution in [1.82, 2.24) is 0 Å². The van der Waals surface area contributed by atoms with Gasteiger partial charge in [0.05, 0.1) is 26.4 Å². The summed E-state index contributed by atoms with van der Waals surface area (Å²) in [6.07, 6.45) is 49.8. The van der Waals surface area contributed by atoms with E-state index in [1.165, 1.54) is 186 Å².